The summed E-state index contributed by atoms with van der Waals surface area (Å²) in [7, 11) is 0. The highest BCUT2D eigenvalue weighted by molar-refractivity contribution is 5.78. The van der Waals surface area contributed by atoms with Gasteiger partial charge in [0.2, 0.25) is 6.29 Å². The average Bonchev–Trinajstić information content (AvgIpc) is 3.54. The van der Waals surface area contributed by atoms with Crippen LogP contribution in [0.3, 0.4) is 0 Å². The number of carbonyl (C=O) groups is 1. The molecule has 0 amide bonds. The highest BCUT2D eigenvalue weighted by atomic mass is 16.7. The maximum Gasteiger partial charge on any atom is 0.317 e. The molecule has 0 aromatic rings. The number of carbonyl (C=O) groups excluding carboxylic acids is 1. The number of fused-ring (bicyclic) bond motifs is 2. The van der Waals surface area contributed by atoms with E-state index >= 15 is 0 Å². The fourth-order valence-corrected chi connectivity index (χ4v) is 13.5. The second-order valence-corrected chi connectivity index (χ2v) is 18.4. The Kier molecular flexibility index (Phi) is 8.57. The largest absolute Gasteiger partial charge is 0.432 e. The van der Waals surface area contributed by atoms with E-state index in [1.54, 1.807) is 6.92 Å². The molecule has 280 valence electrons. The fourth-order valence-electron chi connectivity index (χ4n) is 13.5. The molecule has 12 nitrogen and oxygen atoms in total. The molecule has 19 atom stereocenters. The van der Waals surface area contributed by atoms with Crippen LogP contribution in [0.25, 0.3) is 0 Å². The van der Waals surface area contributed by atoms with Crippen molar-refractivity contribution < 1.29 is 59.9 Å². The van der Waals surface area contributed by atoms with Gasteiger partial charge < -0.3 is 55.1 Å². The van der Waals surface area contributed by atoms with Crippen molar-refractivity contribution in [3.63, 3.8) is 0 Å². The summed E-state index contributed by atoms with van der Waals surface area (Å²) < 4.78 is 17.3. The standard InChI is InChI=1S/C37H60O12/c1-17(2)37(46)14-20(48-31(37)45)18(3)19-9-10-33(5)22-7-8-23-34(6,30(44)49-29-28(43)27(42)26(41)21(15-38)47-29)24(39)13-25(40)36(23)16-35(22,36)12-11-32(19,33)4/h17-29,31,38-43,45-46H,7-16H2,1-6H3/t18-,19+,20+,21+,22-,23-,24-,25-,26+,27-,28+,29-,31+,32+,33-,34-,35-,36+,37-/m0/s1. The van der Waals surface area contributed by atoms with Crippen molar-refractivity contribution in [1.29, 1.82) is 0 Å². The average molecular weight is 697 g/mol. The maximum absolute atomic E-state index is 14.1. The predicted molar refractivity (Wildman–Crippen MR) is 173 cm³/mol. The molecule has 7 aliphatic rings. The summed E-state index contributed by atoms with van der Waals surface area (Å²) in [5.74, 6) is -0.568. The van der Waals surface area contributed by atoms with Crippen LogP contribution in [-0.2, 0) is 19.0 Å². The van der Waals surface area contributed by atoms with Crippen LogP contribution in [-0.4, -0.2) is 114 Å². The normalized spacial score (nSPS) is 58.7. The minimum atomic E-state index is -1.75. The van der Waals surface area contributed by atoms with Gasteiger partial charge in [0.25, 0.3) is 0 Å². The zero-order valence-electron chi connectivity index (χ0n) is 29.9. The van der Waals surface area contributed by atoms with E-state index in [9.17, 15) is 45.6 Å². The summed E-state index contributed by atoms with van der Waals surface area (Å²) in [6.45, 7) is 11.9. The molecular formula is C37H60O12. The number of hydrogen-bond donors (Lipinski definition) is 8. The maximum atomic E-state index is 14.1. The van der Waals surface area contributed by atoms with Gasteiger partial charge in [0, 0.05) is 18.3 Å². The van der Waals surface area contributed by atoms with E-state index in [2.05, 4.69) is 20.8 Å². The van der Waals surface area contributed by atoms with E-state index in [0.29, 0.717) is 24.7 Å². The molecule has 49 heavy (non-hydrogen) atoms. The number of aliphatic hydroxyl groups is 8. The van der Waals surface area contributed by atoms with Crippen molar-refractivity contribution in [3.05, 3.63) is 0 Å². The summed E-state index contributed by atoms with van der Waals surface area (Å²) in [6.07, 6.45) is -4.93. The minimum Gasteiger partial charge on any atom is -0.432 e. The van der Waals surface area contributed by atoms with Crippen molar-refractivity contribution in [3.8, 4) is 0 Å². The molecule has 12 heteroatoms. The van der Waals surface area contributed by atoms with E-state index in [4.69, 9.17) is 14.2 Å². The van der Waals surface area contributed by atoms with Gasteiger partial charge in [-0.2, -0.15) is 0 Å². The molecule has 8 N–H and O–H groups in total. The van der Waals surface area contributed by atoms with Crippen molar-refractivity contribution in [2.24, 2.45) is 56.7 Å². The van der Waals surface area contributed by atoms with E-state index in [-0.39, 0.29) is 40.6 Å². The fraction of sp³-hybridized carbons (Fsp3) is 0.973. The van der Waals surface area contributed by atoms with E-state index < -0.39 is 84.1 Å². The van der Waals surface area contributed by atoms with Gasteiger partial charge in [-0.05, 0) is 97.7 Å². The lowest BCUT2D eigenvalue weighted by Gasteiger charge is -2.64. The van der Waals surface area contributed by atoms with Crippen LogP contribution in [0, 0.1) is 56.7 Å². The summed E-state index contributed by atoms with van der Waals surface area (Å²) in [5, 5.41) is 86.1. The second-order valence-electron chi connectivity index (χ2n) is 18.4. The molecule has 0 aromatic carbocycles. The molecule has 7 fully saturated rings. The molecule has 2 spiro atoms. The van der Waals surface area contributed by atoms with Crippen LogP contribution in [0.5, 0.6) is 0 Å². The van der Waals surface area contributed by atoms with Crippen LogP contribution >= 0.6 is 0 Å². The van der Waals surface area contributed by atoms with Crippen LogP contribution in [0.15, 0.2) is 0 Å². The number of esters is 1. The highest BCUT2D eigenvalue weighted by Gasteiger charge is 2.86. The van der Waals surface area contributed by atoms with Gasteiger partial charge in [-0.1, -0.05) is 34.6 Å². The van der Waals surface area contributed by atoms with Crippen molar-refractivity contribution in [2.45, 2.75) is 160 Å². The topological polar surface area (TPSA) is 207 Å². The number of rotatable bonds is 6. The molecular weight excluding hydrogens is 636 g/mol. The Morgan fingerprint density at radius 1 is 0.837 bits per heavy atom. The Morgan fingerprint density at radius 2 is 1.51 bits per heavy atom. The molecule has 5 saturated carbocycles. The Bertz CT molecular complexity index is 1310. The van der Waals surface area contributed by atoms with Gasteiger partial charge in [0.05, 0.1) is 30.3 Å². The Morgan fingerprint density at radius 3 is 2.14 bits per heavy atom. The molecule has 0 bridgehead atoms. The Labute approximate surface area is 289 Å². The van der Waals surface area contributed by atoms with Crippen molar-refractivity contribution >= 4 is 5.97 Å². The van der Waals surface area contributed by atoms with Gasteiger partial charge in [-0.25, -0.2) is 0 Å². The molecule has 2 heterocycles. The monoisotopic (exact) mass is 696 g/mol. The number of aliphatic hydroxyl groups excluding tert-OH is 7. The second kappa shape index (κ2) is 11.5. The van der Waals surface area contributed by atoms with E-state index in [1.807, 2.05) is 13.8 Å². The zero-order valence-corrected chi connectivity index (χ0v) is 29.9. The Balaban J connectivity index is 1.14. The zero-order chi connectivity index (χ0) is 35.9. The third-order valence-corrected chi connectivity index (χ3v) is 16.8. The molecule has 0 unspecified atom stereocenters. The first-order chi connectivity index (χ1) is 22.8. The van der Waals surface area contributed by atoms with Gasteiger partial charge >= 0.3 is 5.97 Å². The predicted octanol–water partition coefficient (Wildman–Crippen LogP) is 1.21. The third kappa shape index (κ3) is 4.48. The lowest BCUT2D eigenvalue weighted by atomic mass is 9.41. The molecule has 2 saturated heterocycles. The van der Waals surface area contributed by atoms with Crippen molar-refractivity contribution in [1.82, 2.24) is 0 Å². The van der Waals surface area contributed by atoms with Crippen LogP contribution in [0.1, 0.15) is 99.3 Å². The van der Waals surface area contributed by atoms with Gasteiger partial charge in [0.15, 0.2) is 6.29 Å². The third-order valence-electron chi connectivity index (χ3n) is 16.8. The lowest BCUT2D eigenvalue weighted by molar-refractivity contribution is -0.300. The summed E-state index contributed by atoms with van der Waals surface area (Å²) in [4.78, 5) is 14.1. The molecule has 5 aliphatic carbocycles. The smallest absolute Gasteiger partial charge is 0.317 e. The van der Waals surface area contributed by atoms with Gasteiger partial charge in [-0.3, -0.25) is 4.79 Å². The van der Waals surface area contributed by atoms with Crippen LogP contribution < -0.4 is 0 Å². The minimum absolute atomic E-state index is 0.0129. The van der Waals surface area contributed by atoms with Gasteiger partial charge in [0.1, 0.15) is 30.0 Å². The first-order valence-electron chi connectivity index (χ1n) is 18.7. The summed E-state index contributed by atoms with van der Waals surface area (Å²) >= 11 is 0. The molecule has 0 aromatic heterocycles. The summed E-state index contributed by atoms with van der Waals surface area (Å²) in [5.41, 5.74) is -3.56. The quantitative estimate of drug-likeness (QED) is 0.185. The lowest BCUT2D eigenvalue weighted by Crippen LogP contribution is -2.65. The van der Waals surface area contributed by atoms with Crippen LogP contribution in [0.4, 0.5) is 0 Å². The number of hydrogen-bond acceptors (Lipinski definition) is 12. The van der Waals surface area contributed by atoms with E-state index in [0.717, 1.165) is 38.5 Å². The molecule has 7 rings (SSSR count). The summed E-state index contributed by atoms with van der Waals surface area (Å²) in [6, 6.07) is 0. The SMILES string of the molecule is CC(C)[C@@]1(O)C[C@H]([C@@H](C)[C@H]2CC[C@@]3(C)[C@@H]4CC[C@H]5[C@](C)(C(=O)O[C@@H]6O[C@H](CO)[C@@H](O)[C@H](O)[C@H]6O)[C@@H](O)C[C@H](O)[C@@]56C[C@@]46CC[C@]23C)O[C@H]1O. The highest BCUT2D eigenvalue weighted by Crippen LogP contribution is 2.89. The first kappa shape index (κ1) is 36.4. The van der Waals surface area contributed by atoms with Crippen molar-refractivity contribution in [2.75, 3.05) is 6.61 Å². The first-order valence-corrected chi connectivity index (χ1v) is 18.7. The molecule has 2 aliphatic heterocycles. The molecule has 0 radical (unpaired) electrons. The Hall–Kier alpha value is -0.930. The van der Waals surface area contributed by atoms with Gasteiger partial charge in [-0.15, -0.1) is 0 Å². The number of ether oxygens (including phenoxy) is 3. The van der Waals surface area contributed by atoms with Crippen LogP contribution in [0.2, 0.25) is 0 Å². The van der Waals surface area contributed by atoms with E-state index in [1.165, 1.54) is 0 Å².